The Hall–Kier alpha value is -1.52. The van der Waals surface area contributed by atoms with E-state index in [9.17, 15) is 9.59 Å². The van der Waals surface area contributed by atoms with Crippen molar-refractivity contribution in [2.45, 2.75) is 38.7 Å². The van der Waals surface area contributed by atoms with E-state index in [2.05, 4.69) is 0 Å². The summed E-state index contributed by atoms with van der Waals surface area (Å²) < 4.78 is 9.73. The van der Waals surface area contributed by atoms with Gasteiger partial charge in [-0.1, -0.05) is 0 Å². The number of carbonyl (C=O) groups is 2. The number of carboxylic acids is 1. The molecule has 1 saturated heterocycles. The van der Waals surface area contributed by atoms with Crippen LogP contribution in [0.3, 0.4) is 0 Å². The number of hydrogen-bond donors (Lipinski definition) is 1. The number of allylic oxidation sites excluding steroid dienone is 1. The molecule has 0 bridgehead atoms. The predicted molar refractivity (Wildman–Crippen MR) is 51.2 cm³/mol. The number of carboxylic acid groups (broad SMARTS) is 1. The fraction of sp³-hybridized carbons (Fsp3) is 0.600. The minimum Gasteiger partial charge on any atom is -0.481 e. The van der Waals surface area contributed by atoms with Crippen molar-refractivity contribution in [2.24, 2.45) is 0 Å². The molecule has 0 radical (unpaired) electrons. The minimum atomic E-state index is -0.827. The second kappa shape index (κ2) is 4.33. The summed E-state index contributed by atoms with van der Waals surface area (Å²) in [7, 11) is 0. The Balaban J connectivity index is 2.45. The first-order valence-electron chi connectivity index (χ1n) is 4.75. The third kappa shape index (κ3) is 3.27. The second-order valence-electron chi connectivity index (χ2n) is 3.82. The van der Waals surface area contributed by atoms with Crippen LogP contribution in [-0.2, 0) is 14.3 Å². The van der Waals surface area contributed by atoms with Gasteiger partial charge in [-0.05, 0) is 32.8 Å². The number of rotatable bonds is 4. The van der Waals surface area contributed by atoms with Crippen LogP contribution in [0.15, 0.2) is 11.8 Å². The molecule has 0 amide bonds. The van der Waals surface area contributed by atoms with Crippen LogP contribution in [0.1, 0.15) is 33.1 Å². The molecule has 84 valence electrons. The highest BCUT2D eigenvalue weighted by Gasteiger charge is 2.38. The van der Waals surface area contributed by atoms with Crippen LogP contribution in [0.2, 0.25) is 0 Å². The standard InChI is InChI=1S/C10H14O5/c1-10(2)7(14-9(13)15-10)5-3-4-6-8(11)12/h5H,3-4,6H2,1-2H3,(H,11,12). The van der Waals surface area contributed by atoms with E-state index in [0.29, 0.717) is 18.6 Å². The molecule has 1 aliphatic rings. The van der Waals surface area contributed by atoms with E-state index in [1.54, 1.807) is 19.9 Å². The smallest absolute Gasteiger partial charge is 0.481 e. The lowest BCUT2D eigenvalue weighted by Crippen LogP contribution is -2.20. The van der Waals surface area contributed by atoms with Crippen molar-refractivity contribution in [1.29, 1.82) is 0 Å². The average Bonchev–Trinajstić information content (AvgIpc) is 2.33. The highest BCUT2D eigenvalue weighted by atomic mass is 16.8. The number of cyclic esters (lactones) is 2. The molecule has 0 aromatic rings. The Labute approximate surface area is 87.7 Å². The molecule has 0 aliphatic carbocycles. The van der Waals surface area contributed by atoms with Crippen molar-refractivity contribution < 1.29 is 24.2 Å². The molecule has 0 atom stereocenters. The van der Waals surface area contributed by atoms with Gasteiger partial charge in [0.15, 0.2) is 11.4 Å². The topological polar surface area (TPSA) is 72.8 Å². The Morgan fingerprint density at radius 2 is 2.20 bits per heavy atom. The lowest BCUT2D eigenvalue weighted by Gasteiger charge is -2.13. The van der Waals surface area contributed by atoms with Crippen LogP contribution in [0.5, 0.6) is 0 Å². The number of carbonyl (C=O) groups excluding carboxylic acids is 1. The van der Waals surface area contributed by atoms with Gasteiger partial charge in [-0.3, -0.25) is 4.79 Å². The van der Waals surface area contributed by atoms with Crippen LogP contribution >= 0.6 is 0 Å². The van der Waals surface area contributed by atoms with Crippen molar-refractivity contribution in [3.05, 3.63) is 11.8 Å². The highest BCUT2D eigenvalue weighted by molar-refractivity contribution is 5.67. The molecular formula is C10H14O5. The van der Waals surface area contributed by atoms with Crippen LogP contribution in [-0.4, -0.2) is 22.8 Å². The molecular weight excluding hydrogens is 200 g/mol. The summed E-state index contributed by atoms with van der Waals surface area (Å²) in [6.45, 7) is 3.45. The molecule has 5 heteroatoms. The van der Waals surface area contributed by atoms with Gasteiger partial charge in [0.25, 0.3) is 0 Å². The summed E-state index contributed by atoms with van der Waals surface area (Å²) in [4.78, 5) is 21.1. The molecule has 1 heterocycles. The van der Waals surface area contributed by atoms with Crippen molar-refractivity contribution >= 4 is 12.1 Å². The molecule has 1 aliphatic heterocycles. The molecule has 0 aromatic heterocycles. The average molecular weight is 214 g/mol. The van der Waals surface area contributed by atoms with Crippen molar-refractivity contribution in [3.63, 3.8) is 0 Å². The van der Waals surface area contributed by atoms with Crippen molar-refractivity contribution in [2.75, 3.05) is 0 Å². The molecule has 0 aromatic carbocycles. The zero-order chi connectivity index (χ0) is 11.5. The SMILES string of the molecule is CC1(C)OC(=O)OC1=CCCCC(=O)O. The molecule has 1 N–H and O–H groups in total. The van der Waals surface area contributed by atoms with Gasteiger partial charge < -0.3 is 14.6 Å². The minimum absolute atomic E-state index is 0.110. The number of hydrogen-bond acceptors (Lipinski definition) is 4. The van der Waals surface area contributed by atoms with Crippen LogP contribution in [0, 0.1) is 0 Å². The fourth-order valence-electron chi connectivity index (χ4n) is 1.27. The van der Waals surface area contributed by atoms with Gasteiger partial charge in [0.2, 0.25) is 0 Å². The normalized spacial score (nSPS) is 21.2. The maximum atomic E-state index is 10.8. The largest absolute Gasteiger partial charge is 0.514 e. The molecule has 1 rings (SSSR count). The Morgan fingerprint density at radius 1 is 1.53 bits per heavy atom. The fourth-order valence-corrected chi connectivity index (χ4v) is 1.27. The first-order valence-corrected chi connectivity index (χ1v) is 4.75. The maximum Gasteiger partial charge on any atom is 0.514 e. The molecule has 0 saturated carbocycles. The molecule has 15 heavy (non-hydrogen) atoms. The van der Waals surface area contributed by atoms with Crippen LogP contribution in [0.4, 0.5) is 4.79 Å². The van der Waals surface area contributed by atoms with Gasteiger partial charge in [0.1, 0.15) is 0 Å². The summed E-state index contributed by atoms with van der Waals surface area (Å²) in [5.41, 5.74) is -0.736. The summed E-state index contributed by atoms with van der Waals surface area (Å²) in [5, 5.41) is 8.42. The molecule has 0 unspecified atom stereocenters. The van der Waals surface area contributed by atoms with Crippen LogP contribution in [0.25, 0.3) is 0 Å². The number of unbranched alkanes of at least 4 members (excludes halogenated alkanes) is 1. The monoisotopic (exact) mass is 214 g/mol. The van der Waals surface area contributed by atoms with E-state index >= 15 is 0 Å². The zero-order valence-electron chi connectivity index (χ0n) is 8.78. The lowest BCUT2D eigenvalue weighted by molar-refractivity contribution is -0.137. The van der Waals surface area contributed by atoms with Gasteiger partial charge in [-0.2, -0.15) is 0 Å². The van der Waals surface area contributed by atoms with Gasteiger partial charge >= 0.3 is 12.1 Å². The van der Waals surface area contributed by atoms with E-state index in [0.717, 1.165) is 0 Å². The van der Waals surface area contributed by atoms with Gasteiger partial charge in [0, 0.05) is 6.42 Å². The van der Waals surface area contributed by atoms with Crippen LogP contribution < -0.4 is 0 Å². The predicted octanol–water partition coefficient (Wildman–Crippen LogP) is 2.07. The summed E-state index contributed by atoms with van der Waals surface area (Å²) >= 11 is 0. The second-order valence-corrected chi connectivity index (χ2v) is 3.82. The molecule has 1 fully saturated rings. The van der Waals surface area contributed by atoms with Gasteiger partial charge in [-0.15, -0.1) is 0 Å². The Morgan fingerprint density at radius 3 is 2.67 bits per heavy atom. The summed E-state index contributed by atoms with van der Waals surface area (Å²) in [6.07, 6.45) is 2.19. The van der Waals surface area contributed by atoms with Crippen molar-refractivity contribution in [3.8, 4) is 0 Å². The van der Waals surface area contributed by atoms with Crippen molar-refractivity contribution in [1.82, 2.24) is 0 Å². The highest BCUT2D eigenvalue weighted by Crippen LogP contribution is 2.30. The van der Waals surface area contributed by atoms with Gasteiger partial charge in [-0.25, -0.2) is 4.79 Å². The first-order chi connectivity index (χ1) is 6.92. The quantitative estimate of drug-likeness (QED) is 0.572. The molecule has 0 spiro atoms. The Kier molecular flexibility index (Phi) is 3.34. The third-order valence-corrected chi connectivity index (χ3v) is 2.05. The first kappa shape index (κ1) is 11.6. The zero-order valence-corrected chi connectivity index (χ0v) is 8.78. The maximum absolute atomic E-state index is 10.8. The lowest BCUT2D eigenvalue weighted by atomic mass is 10.1. The number of ether oxygens (including phenoxy) is 2. The van der Waals surface area contributed by atoms with E-state index in [1.807, 2.05) is 0 Å². The molecule has 5 nitrogen and oxygen atoms in total. The Bertz CT molecular complexity index is 303. The van der Waals surface area contributed by atoms with E-state index in [4.69, 9.17) is 14.6 Å². The van der Waals surface area contributed by atoms with E-state index in [-0.39, 0.29) is 6.42 Å². The third-order valence-electron chi connectivity index (χ3n) is 2.05. The van der Waals surface area contributed by atoms with E-state index < -0.39 is 17.7 Å². The number of aliphatic carboxylic acids is 1. The van der Waals surface area contributed by atoms with E-state index in [1.165, 1.54) is 0 Å². The van der Waals surface area contributed by atoms with Gasteiger partial charge in [0.05, 0.1) is 0 Å². The summed E-state index contributed by atoms with van der Waals surface area (Å²) in [6, 6.07) is 0. The summed E-state index contributed by atoms with van der Waals surface area (Å²) in [5.74, 6) is -0.370.